The number of fused-ring (bicyclic) bond motifs is 1. The summed E-state index contributed by atoms with van der Waals surface area (Å²) >= 11 is 1.51. The van der Waals surface area contributed by atoms with Gasteiger partial charge >= 0.3 is 0 Å². The molecule has 0 saturated carbocycles. The Morgan fingerprint density at radius 1 is 0.944 bits per heavy atom. The van der Waals surface area contributed by atoms with E-state index >= 15 is 0 Å². The number of carbonyl (C=O) groups excluding carboxylic acids is 1. The highest BCUT2D eigenvalue weighted by Gasteiger charge is 2.18. The van der Waals surface area contributed by atoms with Crippen LogP contribution >= 0.6 is 11.8 Å². The number of Topliss-reactive ketones (excluding diaryl/α,β-unsaturated/α-hetero) is 1. The summed E-state index contributed by atoms with van der Waals surface area (Å²) in [5.41, 5.74) is 1.77. The molecule has 1 N–H and O–H groups in total. The summed E-state index contributed by atoms with van der Waals surface area (Å²) in [7, 11) is 0. The summed E-state index contributed by atoms with van der Waals surface area (Å²) in [5, 5.41) is 3.16. The molecule has 0 unspecified atom stereocenters. The third kappa shape index (κ3) is 2.05. The molecule has 3 heteroatoms. The van der Waals surface area contributed by atoms with Crippen molar-refractivity contribution in [1.82, 2.24) is 0 Å². The molecule has 18 heavy (non-hydrogen) atoms. The molecule has 0 saturated heterocycles. The Balaban J connectivity index is 1.88. The van der Waals surface area contributed by atoms with Crippen LogP contribution in [0.25, 0.3) is 0 Å². The van der Waals surface area contributed by atoms with Crippen molar-refractivity contribution in [3.8, 4) is 0 Å². The first-order chi connectivity index (χ1) is 8.84. The van der Waals surface area contributed by atoms with E-state index in [-0.39, 0.29) is 5.78 Å². The molecule has 2 aromatic rings. The van der Waals surface area contributed by atoms with E-state index in [1.165, 1.54) is 11.8 Å². The molecule has 0 bridgehead atoms. The topological polar surface area (TPSA) is 29.1 Å². The number of nitrogens with one attached hydrogen (secondary N) is 1. The summed E-state index contributed by atoms with van der Waals surface area (Å²) in [6.45, 7) is 0. The zero-order valence-electron chi connectivity index (χ0n) is 9.59. The Labute approximate surface area is 110 Å². The van der Waals surface area contributed by atoms with Crippen molar-refractivity contribution < 1.29 is 4.79 Å². The van der Waals surface area contributed by atoms with Crippen molar-refractivity contribution >= 4 is 23.2 Å². The predicted octanol–water partition coefficient (Wildman–Crippen LogP) is 3.93. The van der Waals surface area contributed by atoms with Crippen LogP contribution < -0.4 is 5.32 Å². The maximum absolute atomic E-state index is 12.3. The molecule has 1 aliphatic rings. The highest BCUT2D eigenvalue weighted by Crippen LogP contribution is 2.37. The first-order valence-electron chi connectivity index (χ1n) is 5.68. The Kier molecular flexibility index (Phi) is 2.90. The van der Waals surface area contributed by atoms with Gasteiger partial charge in [0.2, 0.25) is 5.78 Å². The number of anilines is 1. The fraction of sp³-hybridized carbons (Fsp3) is 0. The van der Waals surface area contributed by atoms with Crippen molar-refractivity contribution in [2.75, 3.05) is 5.32 Å². The maximum Gasteiger partial charge on any atom is 0.201 e. The van der Waals surface area contributed by atoms with Gasteiger partial charge in [-0.25, -0.2) is 0 Å². The molecular weight excluding hydrogens is 242 g/mol. The molecule has 0 atom stereocenters. The zero-order valence-corrected chi connectivity index (χ0v) is 10.4. The summed E-state index contributed by atoms with van der Waals surface area (Å²) in [6.07, 6.45) is 1.78. The minimum atomic E-state index is 0.0580. The highest BCUT2D eigenvalue weighted by molar-refractivity contribution is 8.04. The van der Waals surface area contributed by atoms with Gasteiger partial charge in [-0.1, -0.05) is 54.2 Å². The van der Waals surface area contributed by atoms with Gasteiger partial charge in [-0.15, -0.1) is 0 Å². The maximum atomic E-state index is 12.3. The van der Waals surface area contributed by atoms with E-state index in [1.54, 1.807) is 6.20 Å². The van der Waals surface area contributed by atoms with Gasteiger partial charge in [0, 0.05) is 16.7 Å². The fourth-order valence-corrected chi connectivity index (χ4v) is 2.76. The van der Waals surface area contributed by atoms with E-state index in [4.69, 9.17) is 0 Å². The second-order valence-electron chi connectivity index (χ2n) is 3.95. The van der Waals surface area contributed by atoms with Gasteiger partial charge in [0.1, 0.15) is 0 Å². The van der Waals surface area contributed by atoms with Crippen LogP contribution in [0.5, 0.6) is 0 Å². The number of hydrogen-bond donors (Lipinski definition) is 1. The largest absolute Gasteiger partial charge is 0.360 e. The lowest BCUT2D eigenvalue weighted by molar-refractivity contribution is 0.104. The number of para-hydroxylation sites is 1. The molecule has 88 valence electrons. The molecule has 0 aliphatic carbocycles. The Bertz CT molecular complexity index is 619. The van der Waals surface area contributed by atoms with E-state index in [1.807, 2.05) is 54.6 Å². The lowest BCUT2D eigenvalue weighted by atomic mass is 10.1. The quantitative estimate of drug-likeness (QED) is 0.822. The first-order valence-corrected chi connectivity index (χ1v) is 6.49. The lowest BCUT2D eigenvalue weighted by Gasteiger charge is -2.16. The number of hydrogen-bond acceptors (Lipinski definition) is 3. The van der Waals surface area contributed by atoms with Gasteiger partial charge in [0.05, 0.1) is 10.6 Å². The van der Waals surface area contributed by atoms with Gasteiger partial charge < -0.3 is 5.32 Å². The Morgan fingerprint density at radius 2 is 1.67 bits per heavy atom. The van der Waals surface area contributed by atoms with Crippen molar-refractivity contribution in [2.45, 2.75) is 4.90 Å². The molecule has 0 amide bonds. The molecule has 3 rings (SSSR count). The highest BCUT2D eigenvalue weighted by atomic mass is 32.2. The summed E-state index contributed by atoms with van der Waals surface area (Å²) in [6, 6.07) is 17.3. The van der Waals surface area contributed by atoms with Crippen LogP contribution in [0.1, 0.15) is 10.4 Å². The number of carbonyl (C=O) groups is 1. The smallest absolute Gasteiger partial charge is 0.201 e. The van der Waals surface area contributed by atoms with Crippen LogP contribution in [-0.4, -0.2) is 5.78 Å². The summed E-state index contributed by atoms with van der Waals surface area (Å²) in [5.74, 6) is 0.0580. The van der Waals surface area contributed by atoms with Crippen LogP contribution in [0.15, 0.2) is 70.6 Å². The van der Waals surface area contributed by atoms with Gasteiger partial charge in [-0.2, -0.15) is 0 Å². The number of benzene rings is 2. The van der Waals surface area contributed by atoms with Gasteiger partial charge in [0.15, 0.2) is 0 Å². The summed E-state index contributed by atoms with van der Waals surface area (Å²) < 4.78 is 0. The zero-order chi connectivity index (χ0) is 12.4. The van der Waals surface area contributed by atoms with Gasteiger partial charge in [-0.05, 0) is 12.1 Å². The molecule has 2 aromatic carbocycles. The van der Waals surface area contributed by atoms with Gasteiger partial charge in [-0.3, -0.25) is 4.79 Å². The normalized spacial score (nSPS) is 13.2. The molecule has 0 radical (unpaired) electrons. The molecular formula is C15H11NOS. The summed E-state index contributed by atoms with van der Waals surface area (Å²) in [4.78, 5) is 14.1. The fourth-order valence-electron chi connectivity index (χ4n) is 1.81. The molecule has 0 aromatic heterocycles. The van der Waals surface area contributed by atoms with E-state index in [2.05, 4.69) is 5.32 Å². The standard InChI is InChI=1S/C15H11NOS/c17-15(11-6-2-1-3-7-11)14-10-16-12-8-4-5-9-13(12)18-14/h1-10,16H. The van der Waals surface area contributed by atoms with E-state index in [9.17, 15) is 4.79 Å². The lowest BCUT2D eigenvalue weighted by Crippen LogP contribution is -2.06. The SMILES string of the molecule is O=C(C1=CNc2ccccc2S1)c1ccccc1. The second-order valence-corrected chi connectivity index (χ2v) is 5.03. The van der Waals surface area contributed by atoms with Crippen LogP contribution in [0.4, 0.5) is 5.69 Å². The van der Waals surface area contributed by atoms with Crippen LogP contribution in [0, 0.1) is 0 Å². The third-order valence-corrected chi connectivity index (χ3v) is 3.82. The average Bonchev–Trinajstić information content (AvgIpc) is 2.47. The molecule has 2 nitrogen and oxygen atoms in total. The van der Waals surface area contributed by atoms with E-state index in [0.717, 1.165) is 21.1 Å². The minimum Gasteiger partial charge on any atom is -0.360 e. The van der Waals surface area contributed by atoms with Crippen LogP contribution in [0.3, 0.4) is 0 Å². The monoisotopic (exact) mass is 253 g/mol. The molecule has 1 aliphatic heterocycles. The minimum absolute atomic E-state index is 0.0580. The van der Waals surface area contributed by atoms with Crippen molar-refractivity contribution in [3.05, 3.63) is 71.3 Å². The number of rotatable bonds is 2. The van der Waals surface area contributed by atoms with Crippen molar-refractivity contribution in [3.63, 3.8) is 0 Å². The number of allylic oxidation sites excluding steroid dienone is 1. The average molecular weight is 253 g/mol. The second kappa shape index (κ2) is 4.70. The number of ketones is 1. The van der Waals surface area contributed by atoms with Gasteiger partial charge in [0.25, 0.3) is 0 Å². The van der Waals surface area contributed by atoms with E-state index < -0.39 is 0 Å². The Morgan fingerprint density at radius 3 is 2.50 bits per heavy atom. The van der Waals surface area contributed by atoms with Crippen LogP contribution in [-0.2, 0) is 0 Å². The first kappa shape index (κ1) is 11.1. The molecule has 0 spiro atoms. The predicted molar refractivity (Wildman–Crippen MR) is 74.8 cm³/mol. The molecule has 1 heterocycles. The number of thioether (sulfide) groups is 1. The van der Waals surface area contributed by atoms with Crippen LogP contribution in [0.2, 0.25) is 0 Å². The molecule has 0 fully saturated rings. The van der Waals surface area contributed by atoms with Crippen molar-refractivity contribution in [1.29, 1.82) is 0 Å². The Hall–Kier alpha value is -2.00. The van der Waals surface area contributed by atoms with Crippen molar-refractivity contribution in [2.24, 2.45) is 0 Å². The van der Waals surface area contributed by atoms with E-state index in [0.29, 0.717) is 0 Å². The third-order valence-electron chi connectivity index (χ3n) is 2.73.